The molecule has 250 valence electrons. The first-order chi connectivity index (χ1) is 22.9. The van der Waals surface area contributed by atoms with E-state index in [9.17, 15) is 0 Å². The van der Waals surface area contributed by atoms with E-state index in [1.165, 1.54) is 7.14 Å². The molecule has 2 heterocycles. The summed E-state index contributed by atoms with van der Waals surface area (Å²) in [6.45, 7) is 2.56. The Morgan fingerprint density at radius 2 is 0.936 bits per heavy atom. The van der Waals surface area contributed by atoms with Gasteiger partial charge in [0.25, 0.3) is 0 Å². The Bertz CT molecular complexity index is 1450. The van der Waals surface area contributed by atoms with Crippen LogP contribution in [0.4, 0.5) is 0 Å². The first-order valence-corrected chi connectivity index (χ1v) is 22.0. The summed E-state index contributed by atoms with van der Waals surface area (Å²) in [6.07, 6.45) is 6.11. The molecule has 0 spiro atoms. The second-order valence-corrected chi connectivity index (χ2v) is 18.9. The number of rotatable bonds is 12. The molecule has 4 aromatic carbocycles. The summed E-state index contributed by atoms with van der Waals surface area (Å²) in [6, 6.07) is 25.5. The molecule has 6 nitrogen and oxygen atoms in total. The van der Waals surface area contributed by atoms with E-state index in [-0.39, 0.29) is 33.8 Å². The van der Waals surface area contributed by atoms with Crippen molar-refractivity contribution >= 4 is 90.4 Å². The van der Waals surface area contributed by atoms with Crippen molar-refractivity contribution in [3.63, 3.8) is 0 Å². The van der Waals surface area contributed by atoms with Gasteiger partial charge in [0.15, 0.2) is 0 Å². The standard InChI is InChI=1S/C36H34I5O6/c37-29-17-23(18-30(38)35(29)46-33-5-1-3-15-42-33)21-44-27-11-7-25(8-12-27)41-26-9-13-28(14-10-26)45-22-24-19-31(39)36(32(40)20-24)47-34-6-2-4-16-43-34/h7-14,17-20,33-34H,1-6,15-16,21-22H2/q-1. The third-order valence-corrected chi connectivity index (χ3v) is 13.4. The quantitative estimate of drug-likeness (QED) is 0.140. The van der Waals surface area contributed by atoms with E-state index in [0.29, 0.717) is 13.2 Å². The zero-order valence-electron chi connectivity index (χ0n) is 25.5. The normalized spacial score (nSPS) is 18.1. The summed E-state index contributed by atoms with van der Waals surface area (Å²) in [5.41, 5.74) is 2.24. The Labute approximate surface area is 341 Å². The summed E-state index contributed by atoms with van der Waals surface area (Å²) in [5, 5.41) is 0. The van der Waals surface area contributed by atoms with Crippen molar-refractivity contribution in [2.45, 2.75) is 64.3 Å². The molecule has 47 heavy (non-hydrogen) atoms. The molecule has 6 rings (SSSR count). The van der Waals surface area contributed by atoms with Crippen LogP contribution in [0.1, 0.15) is 49.7 Å². The predicted molar refractivity (Wildman–Crippen MR) is 211 cm³/mol. The fraction of sp³-hybridized carbons (Fsp3) is 0.333. The van der Waals surface area contributed by atoms with Gasteiger partial charge < -0.3 is 9.47 Å². The molecule has 0 amide bonds. The maximum atomic E-state index is 6.18. The minimum absolute atomic E-state index is 0.148. The average molecular weight is 1200 g/mol. The van der Waals surface area contributed by atoms with Crippen LogP contribution in [0.5, 0.6) is 23.0 Å². The summed E-state index contributed by atoms with van der Waals surface area (Å²) in [7, 11) is 0. The summed E-state index contributed by atoms with van der Waals surface area (Å²) in [5.74, 6) is 3.55. The summed E-state index contributed by atoms with van der Waals surface area (Å²) < 4.78 is 43.2. The first kappa shape index (κ1) is 36.4. The van der Waals surface area contributed by atoms with E-state index >= 15 is 0 Å². The average Bonchev–Trinajstić information content (AvgIpc) is 3.08. The SMILES string of the molecule is Ic1cc(COc2ccc([I-]c3ccc(OCc4cc(I)c(OC5CCCCO5)c(I)c4)cc3)cc2)cc(I)c1OC1CCCCO1. The van der Waals surface area contributed by atoms with Crippen LogP contribution >= 0.6 is 90.4 Å². The van der Waals surface area contributed by atoms with Gasteiger partial charge >= 0.3 is 285 Å². The molecular formula is C36H34I5O6-. The second-order valence-electron chi connectivity index (χ2n) is 11.2. The van der Waals surface area contributed by atoms with Gasteiger partial charge in [-0.3, -0.25) is 0 Å². The van der Waals surface area contributed by atoms with Crippen molar-refractivity contribution in [1.82, 2.24) is 0 Å². The van der Waals surface area contributed by atoms with Crippen LogP contribution in [-0.4, -0.2) is 25.8 Å². The van der Waals surface area contributed by atoms with Gasteiger partial charge in [0.05, 0.1) is 13.2 Å². The molecule has 0 radical (unpaired) electrons. The number of hydrogen-bond acceptors (Lipinski definition) is 6. The fourth-order valence-corrected chi connectivity index (χ4v) is 11.6. The molecule has 2 aliphatic rings. The van der Waals surface area contributed by atoms with E-state index in [2.05, 4.69) is 163 Å². The second kappa shape index (κ2) is 18.2. The maximum absolute atomic E-state index is 6.18. The Kier molecular flexibility index (Phi) is 14.1. The first-order valence-electron chi connectivity index (χ1n) is 15.5. The fourth-order valence-electron chi connectivity index (χ4n) is 5.13. The number of benzene rings is 4. The molecule has 2 saturated heterocycles. The monoisotopic (exact) mass is 1200 g/mol. The Morgan fingerprint density at radius 3 is 1.28 bits per heavy atom. The molecule has 0 aromatic heterocycles. The van der Waals surface area contributed by atoms with Crippen molar-refractivity contribution in [2.24, 2.45) is 0 Å². The van der Waals surface area contributed by atoms with Crippen LogP contribution in [0.15, 0.2) is 72.8 Å². The molecule has 2 unspecified atom stereocenters. The van der Waals surface area contributed by atoms with Crippen molar-refractivity contribution in [3.05, 3.63) is 105 Å². The zero-order valence-corrected chi connectivity index (χ0v) is 36.3. The van der Waals surface area contributed by atoms with Crippen LogP contribution < -0.4 is 40.2 Å². The van der Waals surface area contributed by atoms with Gasteiger partial charge in [-0.25, -0.2) is 0 Å². The summed E-state index contributed by atoms with van der Waals surface area (Å²) >= 11 is 9.06. The van der Waals surface area contributed by atoms with Gasteiger partial charge in [-0.2, -0.15) is 0 Å². The number of halogens is 5. The Balaban J connectivity index is 0.969. The van der Waals surface area contributed by atoms with E-state index in [4.69, 9.17) is 28.4 Å². The van der Waals surface area contributed by atoms with Gasteiger partial charge in [0.2, 0.25) is 0 Å². The predicted octanol–water partition coefficient (Wildman–Crippen LogP) is 7.20. The Hall–Kier alpha value is -0.350. The van der Waals surface area contributed by atoms with E-state index in [0.717, 1.165) is 100 Å². The molecule has 2 atom stereocenters. The molecular weight excluding hydrogens is 1160 g/mol. The molecule has 2 aliphatic heterocycles. The van der Waals surface area contributed by atoms with Gasteiger partial charge in [-0.1, -0.05) is 0 Å². The smallest absolute Gasteiger partial charge is 0.343 e. The van der Waals surface area contributed by atoms with Crippen molar-refractivity contribution in [1.29, 1.82) is 0 Å². The van der Waals surface area contributed by atoms with Gasteiger partial charge in [0, 0.05) is 12.8 Å². The van der Waals surface area contributed by atoms with E-state index in [1.807, 2.05) is 0 Å². The van der Waals surface area contributed by atoms with Gasteiger partial charge in [-0.05, 0) is 25.7 Å². The van der Waals surface area contributed by atoms with Crippen molar-refractivity contribution < 1.29 is 49.6 Å². The van der Waals surface area contributed by atoms with Crippen LogP contribution in [0, 0.1) is 21.4 Å². The molecule has 0 aliphatic carbocycles. The molecule has 4 aromatic rings. The third-order valence-electron chi connectivity index (χ3n) is 7.55. The summed E-state index contributed by atoms with van der Waals surface area (Å²) in [4.78, 5) is 0. The minimum Gasteiger partial charge on any atom is -0.343 e. The van der Waals surface area contributed by atoms with Crippen LogP contribution in [0.2, 0.25) is 0 Å². The molecule has 0 N–H and O–H groups in total. The molecule has 11 heteroatoms. The molecule has 0 saturated carbocycles. The number of ether oxygens (including phenoxy) is 6. The van der Waals surface area contributed by atoms with Crippen LogP contribution in [-0.2, 0) is 22.7 Å². The number of hydrogen-bond donors (Lipinski definition) is 0. The van der Waals surface area contributed by atoms with Gasteiger partial charge in [-0.15, -0.1) is 0 Å². The molecule has 2 fully saturated rings. The van der Waals surface area contributed by atoms with Gasteiger partial charge in [0.1, 0.15) is 0 Å². The van der Waals surface area contributed by atoms with Crippen LogP contribution in [0.3, 0.4) is 0 Å². The Morgan fingerprint density at radius 1 is 0.553 bits per heavy atom. The third kappa shape index (κ3) is 10.8. The van der Waals surface area contributed by atoms with E-state index < -0.39 is 0 Å². The zero-order chi connectivity index (χ0) is 32.6. The van der Waals surface area contributed by atoms with Crippen molar-refractivity contribution in [3.8, 4) is 23.0 Å². The minimum atomic E-state index is -0.311. The topological polar surface area (TPSA) is 55.4 Å². The molecule has 0 bridgehead atoms. The van der Waals surface area contributed by atoms with Crippen LogP contribution in [0.25, 0.3) is 0 Å². The van der Waals surface area contributed by atoms with E-state index in [1.54, 1.807) is 0 Å². The van der Waals surface area contributed by atoms with Crippen molar-refractivity contribution in [2.75, 3.05) is 13.2 Å².